The molecule has 1 aliphatic heterocycles. The lowest BCUT2D eigenvalue weighted by Crippen LogP contribution is -2.45. The van der Waals surface area contributed by atoms with Crippen LogP contribution in [0, 0.1) is 0 Å². The average molecular weight is 305 g/mol. The fraction of sp³-hybridized carbons (Fsp3) is 0.706. The van der Waals surface area contributed by atoms with E-state index < -0.39 is 0 Å². The molecule has 0 aromatic carbocycles. The van der Waals surface area contributed by atoms with Crippen LogP contribution in [0.2, 0.25) is 0 Å². The highest BCUT2D eigenvalue weighted by Gasteiger charge is 2.27. The van der Waals surface area contributed by atoms with Crippen LogP contribution in [-0.2, 0) is 0 Å². The van der Waals surface area contributed by atoms with Crippen LogP contribution in [0.1, 0.15) is 39.0 Å². The first-order valence-corrected chi connectivity index (χ1v) is 9.42. The Hall–Kier alpha value is -0.740. The molecule has 2 aliphatic rings. The number of piperidine rings is 1. The highest BCUT2D eigenvalue weighted by atomic mass is 32.2. The van der Waals surface area contributed by atoms with Gasteiger partial charge in [-0.2, -0.15) is 11.8 Å². The lowest BCUT2D eigenvalue weighted by atomic mass is 10.0. The van der Waals surface area contributed by atoms with Gasteiger partial charge >= 0.3 is 0 Å². The van der Waals surface area contributed by atoms with Gasteiger partial charge in [-0.1, -0.05) is 6.92 Å². The third-order valence-corrected chi connectivity index (χ3v) is 6.01. The number of aromatic nitrogens is 1. The van der Waals surface area contributed by atoms with Gasteiger partial charge in [0.1, 0.15) is 0 Å². The summed E-state index contributed by atoms with van der Waals surface area (Å²) in [5.74, 6) is 1.27. The summed E-state index contributed by atoms with van der Waals surface area (Å²) in [5.41, 5.74) is 1.32. The van der Waals surface area contributed by atoms with Crippen LogP contribution in [0.15, 0.2) is 24.5 Å². The van der Waals surface area contributed by atoms with Crippen molar-refractivity contribution in [2.45, 2.75) is 56.4 Å². The molecule has 2 unspecified atom stereocenters. The Labute approximate surface area is 132 Å². The minimum Gasteiger partial charge on any atom is -0.371 e. The van der Waals surface area contributed by atoms with Crippen LogP contribution in [0.5, 0.6) is 0 Å². The first-order valence-electron chi connectivity index (χ1n) is 8.37. The topological polar surface area (TPSA) is 28.2 Å². The Bertz CT molecular complexity index is 417. The van der Waals surface area contributed by atoms with Crippen molar-refractivity contribution >= 4 is 17.4 Å². The van der Waals surface area contributed by atoms with Crippen molar-refractivity contribution in [2.75, 3.05) is 23.7 Å². The molecule has 2 atom stereocenters. The third kappa shape index (κ3) is 4.13. The fourth-order valence-corrected chi connectivity index (χ4v) is 4.81. The molecule has 0 spiro atoms. The Morgan fingerprint density at radius 3 is 2.62 bits per heavy atom. The van der Waals surface area contributed by atoms with Gasteiger partial charge in [-0.15, -0.1) is 0 Å². The summed E-state index contributed by atoms with van der Waals surface area (Å²) in [6, 6.07) is 5.74. The molecule has 1 aromatic heterocycles. The SMILES string of the molecule is CCSC1CCC(NC2CCN(c3ccncc3)CC2)C1. The summed E-state index contributed by atoms with van der Waals surface area (Å²) in [7, 11) is 0. The number of nitrogens with one attached hydrogen (secondary N) is 1. The molecule has 21 heavy (non-hydrogen) atoms. The molecule has 116 valence electrons. The van der Waals surface area contributed by atoms with E-state index >= 15 is 0 Å². The van der Waals surface area contributed by atoms with Crippen LogP contribution < -0.4 is 10.2 Å². The number of hydrogen-bond donors (Lipinski definition) is 1. The van der Waals surface area contributed by atoms with Crippen molar-refractivity contribution in [2.24, 2.45) is 0 Å². The number of thioether (sulfide) groups is 1. The molecule has 1 aromatic rings. The van der Waals surface area contributed by atoms with Crippen molar-refractivity contribution in [1.82, 2.24) is 10.3 Å². The van der Waals surface area contributed by atoms with Crippen molar-refractivity contribution < 1.29 is 0 Å². The van der Waals surface area contributed by atoms with Gasteiger partial charge in [-0.05, 0) is 50.0 Å². The molecule has 3 rings (SSSR count). The number of pyridine rings is 1. The number of nitrogens with zero attached hydrogens (tertiary/aromatic N) is 2. The van der Waals surface area contributed by atoms with Gasteiger partial charge < -0.3 is 10.2 Å². The Morgan fingerprint density at radius 2 is 1.90 bits per heavy atom. The first kappa shape index (κ1) is 15.2. The molecular formula is C17H27N3S. The summed E-state index contributed by atoms with van der Waals surface area (Å²) < 4.78 is 0. The molecule has 3 nitrogen and oxygen atoms in total. The molecule has 2 heterocycles. The van der Waals surface area contributed by atoms with Crippen LogP contribution in [0.3, 0.4) is 0 Å². The minimum atomic E-state index is 0.721. The minimum absolute atomic E-state index is 0.721. The molecule has 0 bridgehead atoms. The highest BCUT2D eigenvalue weighted by molar-refractivity contribution is 7.99. The summed E-state index contributed by atoms with van der Waals surface area (Å²) in [4.78, 5) is 6.60. The predicted molar refractivity (Wildman–Crippen MR) is 92.2 cm³/mol. The number of anilines is 1. The third-order valence-electron chi connectivity index (χ3n) is 4.78. The maximum atomic E-state index is 4.10. The van der Waals surface area contributed by atoms with E-state index in [1.165, 1.54) is 56.6 Å². The molecule has 1 N–H and O–H groups in total. The second-order valence-electron chi connectivity index (χ2n) is 6.22. The largest absolute Gasteiger partial charge is 0.371 e. The maximum Gasteiger partial charge on any atom is 0.0397 e. The van der Waals surface area contributed by atoms with Gasteiger partial charge in [-0.3, -0.25) is 4.98 Å². The molecule has 4 heteroatoms. The normalized spacial score (nSPS) is 27.2. The number of rotatable bonds is 5. The van der Waals surface area contributed by atoms with E-state index in [4.69, 9.17) is 0 Å². The molecule has 1 aliphatic carbocycles. The predicted octanol–water partition coefficient (Wildman–Crippen LogP) is 3.31. The van der Waals surface area contributed by atoms with Crippen LogP contribution in [0.4, 0.5) is 5.69 Å². The van der Waals surface area contributed by atoms with Gasteiger partial charge in [0.25, 0.3) is 0 Å². The monoisotopic (exact) mass is 305 g/mol. The lowest BCUT2D eigenvalue weighted by Gasteiger charge is -2.35. The van der Waals surface area contributed by atoms with E-state index in [1.807, 2.05) is 12.4 Å². The summed E-state index contributed by atoms with van der Waals surface area (Å²) in [6.45, 7) is 4.61. The van der Waals surface area contributed by atoms with E-state index in [0.717, 1.165) is 17.3 Å². The zero-order chi connectivity index (χ0) is 14.5. The van der Waals surface area contributed by atoms with Crippen molar-refractivity contribution in [3.05, 3.63) is 24.5 Å². The summed E-state index contributed by atoms with van der Waals surface area (Å²) in [5, 5.41) is 4.83. The van der Waals surface area contributed by atoms with E-state index in [9.17, 15) is 0 Å². The molecule has 0 radical (unpaired) electrons. The van der Waals surface area contributed by atoms with Gasteiger partial charge in [0.15, 0.2) is 0 Å². The van der Waals surface area contributed by atoms with E-state index in [-0.39, 0.29) is 0 Å². The quantitative estimate of drug-likeness (QED) is 0.903. The molecule has 1 saturated heterocycles. The zero-order valence-corrected chi connectivity index (χ0v) is 13.8. The maximum absolute atomic E-state index is 4.10. The van der Waals surface area contributed by atoms with Crippen molar-refractivity contribution in [1.29, 1.82) is 0 Å². The van der Waals surface area contributed by atoms with Crippen LogP contribution in [0.25, 0.3) is 0 Å². The Morgan fingerprint density at radius 1 is 1.14 bits per heavy atom. The Kier molecular flexibility index (Phi) is 5.42. The van der Waals surface area contributed by atoms with E-state index in [1.54, 1.807) is 0 Å². The fourth-order valence-electron chi connectivity index (χ4n) is 3.67. The smallest absolute Gasteiger partial charge is 0.0397 e. The van der Waals surface area contributed by atoms with Gasteiger partial charge in [0.2, 0.25) is 0 Å². The second-order valence-corrected chi connectivity index (χ2v) is 7.80. The molecule has 2 fully saturated rings. The summed E-state index contributed by atoms with van der Waals surface area (Å²) >= 11 is 2.15. The van der Waals surface area contributed by atoms with Gasteiger partial charge in [-0.25, -0.2) is 0 Å². The molecule has 1 saturated carbocycles. The highest BCUT2D eigenvalue weighted by Crippen LogP contribution is 2.30. The van der Waals surface area contributed by atoms with Crippen molar-refractivity contribution in [3.8, 4) is 0 Å². The molecular weight excluding hydrogens is 278 g/mol. The standard InChI is InChI=1S/C17H27N3S/c1-2-21-17-4-3-15(13-17)19-14-7-11-20(12-8-14)16-5-9-18-10-6-16/h5-6,9-10,14-15,17,19H,2-4,7-8,11-13H2,1H3. The van der Waals surface area contributed by atoms with Gasteiger partial charge in [0, 0.05) is 48.5 Å². The number of hydrogen-bond acceptors (Lipinski definition) is 4. The van der Waals surface area contributed by atoms with E-state index in [2.05, 4.69) is 46.0 Å². The van der Waals surface area contributed by atoms with Crippen molar-refractivity contribution in [3.63, 3.8) is 0 Å². The van der Waals surface area contributed by atoms with Crippen LogP contribution >= 0.6 is 11.8 Å². The van der Waals surface area contributed by atoms with Gasteiger partial charge in [0.05, 0.1) is 0 Å². The molecule has 0 amide bonds. The summed E-state index contributed by atoms with van der Waals surface area (Å²) in [6.07, 6.45) is 10.5. The second kappa shape index (κ2) is 7.50. The Balaban J connectivity index is 1.42. The zero-order valence-electron chi connectivity index (χ0n) is 13.0. The average Bonchev–Trinajstić information content (AvgIpc) is 2.97. The van der Waals surface area contributed by atoms with E-state index in [0.29, 0.717) is 0 Å². The first-order chi connectivity index (χ1) is 10.3. The lowest BCUT2D eigenvalue weighted by molar-refractivity contribution is 0.368. The van der Waals surface area contributed by atoms with Crippen LogP contribution in [-0.4, -0.2) is 41.2 Å².